The third-order valence-corrected chi connectivity index (χ3v) is 4.25. The zero-order valence-electron chi connectivity index (χ0n) is 15.4. The first kappa shape index (κ1) is 19.3. The molecule has 144 valence electrons. The van der Waals surface area contributed by atoms with Crippen LogP contribution in [-0.4, -0.2) is 24.3 Å². The minimum Gasteiger partial charge on any atom is -0.451 e. The normalized spacial score (nSPS) is 10.7. The summed E-state index contributed by atoms with van der Waals surface area (Å²) in [5.74, 6) is -2.10. The summed E-state index contributed by atoms with van der Waals surface area (Å²) in [6.45, 7) is 2.87. The lowest BCUT2D eigenvalue weighted by atomic mass is 10.1. The highest BCUT2D eigenvalue weighted by Crippen LogP contribution is 2.27. The van der Waals surface area contributed by atoms with Crippen molar-refractivity contribution in [1.29, 1.82) is 0 Å². The number of aryl methyl sites for hydroxylation is 1. The molecule has 3 aromatic rings. The Labute approximate surface area is 160 Å². The number of hydrogen-bond acceptors (Lipinski definition) is 5. The predicted octanol–water partition coefficient (Wildman–Crippen LogP) is 4.27. The number of furan rings is 1. The monoisotopic (exact) mass is 383 g/mol. The highest BCUT2D eigenvalue weighted by atomic mass is 19.1. The van der Waals surface area contributed by atoms with Crippen molar-refractivity contribution < 1.29 is 27.9 Å². The Balaban J connectivity index is 1.66. The summed E-state index contributed by atoms with van der Waals surface area (Å²) in [6.07, 6.45) is 0.349. The van der Waals surface area contributed by atoms with Crippen molar-refractivity contribution in [2.75, 3.05) is 11.9 Å². The number of para-hydroxylation sites is 1. The molecule has 3 rings (SSSR count). The van der Waals surface area contributed by atoms with Crippen molar-refractivity contribution in [2.45, 2.75) is 20.3 Å². The van der Waals surface area contributed by atoms with Gasteiger partial charge in [-0.25, -0.2) is 9.18 Å². The second-order valence-corrected chi connectivity index (χ2v) is 6.15. The number of fused-ring (bicyclic) bond motifs is 1. The number of hydrogen-bond donors (Lipinski definition) is 1. The van der Waals surface area contributed by atoms with Crippen molar-refractivity contribution in [1.82, 2.24) is 0 Å². The molecule has 1 aromatic heterocycles. The Morgan fingerprint density at radius 3 is 2.46 bits per heavy atom. The molecule has 0 saturated heterocycles. The number of anilines is 1. The molecule has 6 nitrogen and oxygen atoms in total. The van der Waals surface area contributed by atoms with E-state index < -0.39 is 24.2 Å². The Bertz CT molecular complexity index is 1050. The van der Waals surface area contributed by atoms with Crippen molar-refractivity contribution in [3.63, 3.8) is 0 Å². The summed E-state index contributed by atoms with van der Waals surface area (Å²) < 4.78 is 24.1. The lowest BCUT2D eigenvalue weighted by Crippen LogP contribution is -2.15. The first-order valence-corrected chi connectivity index (χ1v) is 8.68. The molecule has 28 heavy (non-hydrogen) atoms. The summed E-state index contributed by atoms with van der Waals surface area (Å²) in [6, 6.07) is 10.6. The average molecular weight is 383 g/mol. The second kappa shape index (κ2) is 8.04. The van der Waals surface area contributed by atoms with Crippen LogP contribution in [0.25, 0.3) is 11.0 Å². The molecule has 0 saturated carbocycles. The van der Waals surface area contributed by atoms with Crippen molar-refractivity contribution >= 4 is 34.3 Å². The molecule has 7 heteroatoms. The molecule has 0 bridgehead atoms. The zero-order valence-corrected chi connectivity index (χ0v) is 15.4. The van der Waals surface area contributed by atoms with Gasteiger partial charge in [-0.1, -0.05) is 19.1 Å². The highest BCUT2D eigenvalue weighted by Gasteiger charge is 2.21. The van der Waals surface area contributed by atoms with Crippen LogP contribution in [0.1, 0.15) is 39.8 Å². The van der Waals surface area contributed by atoms with Gasteiger partial charge in [0.05, 0.1) is 0 Å². The Kier molecular flexibility index (Phi) is 5.54. The van der Waals surface area contributed by atoms with Crippen molar-refractivity contribution in [3.8, 4) is 0 Å². The van der Waals surface area contributed by atoms with Crippen LogP contribution < -0.4 is 5.32 Å². The van der Waals surface area contributed by atoms with Crippen LogP contribution in [0.2, 0.25) is 0 Å². The number of halogens is 1. The van der Waals surface area contributed by atoms with Crippen LogP contribution in [0.5, 0.6) is 0 Å². The van der Waals surface area contributed by atoms with Crippen LogP contribution >= 0.6 is 0 Å². The molecule has 2 aromatic carbocycles. The van der Waals surface area contributed by atoms with Gasteiger partial charge in [0.25, 0.3) is 0 Å². The molecule has 0 unspecified atom stereocenters. The van der Waals surface area contributed by atoms with Crippen molar-refractivity contribution in [2.24, 2.45) is 0 Å². The number of ether oxygens (including phenoxy) is 1. The highest BCUT2D eigenvalue weighted by molar-refractivity contribution is 6.01. The lowest BCUT2D eigenvalue weighted by Gasteiger charge is -2.06. The molecule has 0 atom stereocenters. The van der Waals surface area contributed by atoms with Gasteiger partial charge >= 0.3 is 5.97 Å². The number of esters is 1. The number of rotatable bonds is 6. The van der Waals surface area contributed by atoms with Gasteiger partial charge in [-0.2, -0.15) is 0 Å². The van der Waals surface area contributed by atoms with E-state index in [1.54, 1.807) is 32.0 Å². The van der Waals surface area contributed by atoms with E-state index in [0.717, 1.165) is 0 Å². The summed E-state index contributed by atoms with van der Waals surface area (Å²) in [4.78, 5) is 35.8. The third kappa shape index (κ3) is 3.93. The minimum absolute atomic E-state index is 0.0250. The molecule has 1 N–H and O–H groups in total. The predicted molar refractivity (Wildman–Crippen MR) is 101 cm³/mol. The fraction of sp³-hybridized carbons (Fsp3) is 0.190. The first-order chi connectivity index (χ1) is 13.4. The van der Waals surface area contributed by atoms with Crippen LogP contribution in [0.4, 0.5) is 10.1 Å². The summed E-state index contributed by atoms with van der Waals surface area (Å²) in [5, 5.41) is 3.15. The number of carbonyl (C=O) groups is 3. The number of Topliss-reactive ketones (excluding diaryl/α,β-unsaturated/α-hetero) is 1. The second-order valence-electron chi connectivity index (χ2n) is 6.15. The Morgan fingerprint density at radius 2 is 1.82 bits per heavy atom. The Morgan fingerprint density at radius 1 is 1.11 bits per heavy atom. The summed E-state index contributed by atoms with van der Waals surface area (Å²) in [5.41, 5.74) is 1.32. The molecule has 0 spiro atoms. The maximum Gasteiger partial charge on any atom is 0.375 e. The van der Waals surface area contributed by atoms with Crippen LogP contribution in [0, 0.1) is 12.7 Å². The topological polar surface area (TPSA) is 85.6 Å². The van der Waals surface area contributed by atoms with E-state index in [9.17, 15) is 18.8 Å². The van der Waals surface area contributed by atoms with E-state index in [1.807, 2.05) is 0 Å². The molecule has 0 radical (unpaired) electrons. The van der Waals surface area contributed by atoms with Gasteiger partial charge in [0.2, 0.25) is 11.7 Å². The van der Waals surface area contributed by atoms with E-state index in [1.165, 1.54) is 24.3 Å². The average Bonchev–Trinajstić information content (AvgIpc) is 3.04. The number of nitrogens with one attached hydrogen (secondary N) is 1. The largest absolute Gasteiger partial charge is 0.451 e. The van der Waals surface area contributed by atoms with Crippen LogP contribution in [-0.2, 0) is 9.53 Å². The fourth-order valence-corrected chi connectivity index (χ4v) is 2.67. The molecule has 0 aliphatic rings. The van der Waals surface area contributed by atoms with Gasteiger partial charge in [-0.15, -0.1) is 0 Å². The fourth-order valence-electron chi connectivity index (χ4n) is 2.67. The van der Waals surface area contributed by atoms with Gasteiger partial charge in [0, 0.05) is 28.6 Å². The first-order valence-electron chi connectivity index (χ1n) is 8.68. The van der Waals surface area contributed by atoms with E-state index in [-0.39, 0.29) is 17.3 Å². The quantitative estimate of drug-likeness (QED) is 0.508. The van der Waals surface area contributed by atoms with E-state index in [0.29, 0.717) is 28.6 Å². The Hall–Kier alpha value is -3.48. The van der Waals surface area contributed by atoms with Gasteiger partial charge in [-0.05, 0) is 37.3 Å². The standard InChI is InChI=1S/C21H18FNO5/c1-3-18(25)23-14-9-7-13(8-10-14)17(24)11-27-21(26)19-12(2)15-5-4-6-16(22)20(15)28-19/h4-10H,3,11H2,1-2H3,(H,23,25). The van der Waals surface area contributed by atoms with Gasteiger partial charge in [-0.3, -0.25) is 9.59 Å². The summed E-state index contributed by atoms with van der Waals surface area (Å²) >= 11 is 0. The number of benzene rings is 2. The molecular formula is C21H18FNO5. The molecular weight excluding hydrogens is 365 g/mol. The van der Waals surface area contributed by atoms with E-state index >= 15 is 0 Å². The van der Waals surface area contributed by atoms with Crippen LogP contribution in [0.3, 0.4) is 0 Å². The number of ketones is 1. The minimum atomic E-state index is -0.840. The number of amides is 1. The van der Waals surface area contributed by atoms with Gasteiger partial charge < -0.3 is 14.5 Å². The van der Waals surface area contributed by atoms with Crippen molar-refractivity contribution in [3.05, 3.63) is 65.2 Å². The molecule has 1 amide bonds. The zero-order chi connectivity index (χ0) is 20.3. The molecule has 1 heterocycles. The van der Waals surface area contributed by atoms with E-state index in [4.69, 9.17) is 9.15 Å². The maximum atomic E-state index is 13.8. The molecule has 0 fully saturated rings. The van der Waals surface area contributed by atoms with Crippen LogP contribution in [0.15, 0.2) is 46.9 Å². The molecule has 0 aliphatic heterocycles. The lowest BCUT2D eigenvalue weighted by molar-refractivity contribution is -0.115. The maximum absolute atomic E-state index is 13.8. The number of carbonyl (C=O) groups excluding carboxylic acids is 3. The molecule has 0 aliphatic carbocycles. The van der Waals surface area contributed by atoms with Gasteiger partial charge in [0.15, 0.2) is 23.8 Å². The van der Waals surface area contributed by atoms with E-state index in [2.05, 4.69) is 5.32 Å². The summed E-state index contributed by atoms with van der Waals surface area (Å²) in [7, 11) is 0. The smallest absolute Gasteiger partial charge is 0.375 e. The third-order valence-electron chi connectivity index (χ3n) is 4.25. The SMILES string of the molecule is CCC(=O)Nc1ccc(C(=O)COC(=O)c2oc3c(F)cccc3c2C)cc1. The van der Waals surface area contributed by atoms with Gasteiger partial charge in [0.1, 0.15) is 0 Å².